The molecule has 1 aliphatic rings. The van der Waals surface area contributed by atoms with Crippen LogP contribution >= 0.6 is 11.6 Å². The molecule has 19 heavy (non-hydrogen) atoms. The van der Waals surface area contributed by atoms with Crippen LogP contribution in [0.25, 0.3) is 10.9 Å². The van der Waals surface area contributed by atoms with Gasteiger partial charge in [0.25, 0.3) is 0 Å². The Hall–Kier alpha value is -1.32. The Kier molecular flexibility index (Phi) is 3.33. The molecule has 2 heterocycles. The fourth-order valence-corrected chi connectivity index (χ4v) is 2.98. The minimum absolute atomic E-state index is 0.257. The smallest absolute Gasteiger partial charge is 0.0737 e. The fraction of sp³-hybridized carbons (Fsp3) is 0.400. The first-order chi connectivity index (χ1) is 9.15. The first kappa shape index (κ1) is 12.7. The number of pyridine rings is 1. The second-order valence-corrected chi connectivity index (χ2v) is 5.78. The molecular weight excluding hydrogens is 258 g/mol. The number of nitrogens with zero attached hydrogens (tertiary/aromatic N) is 2. The van der Waals surface area contributed by atoms with Gasteiger partial charge in [0.05, 0.1) is 5.52 Å². The van der Waals surface area contributed by atoms with Gasteiger partial charge in [0.15, 0.2) is 0 Å². The molecular formula is C15H18ClN3. The minimum Gasteiger partial charge on any atom is -0.371 e. The van der Waals surface area contributed by atoms with Gasteiger partial charge >= 0.3 is 0 Å². The predicted molar refractivity (Wildman–Crippen MR) is 80.7 cm³/mol. The van der Waals surface area contributed by atoms with Crippen LogP contribution in [0.1, 0.15) is 13.3 Å². The second kappa shape index (κ2) is 4.99. The van der Waals surface area contributed by atoms with Crippen LogP contribution < -0.4 is 10.6 Å². The summed E-state index contributed by atoms with van der Waals surface area (Å²) < 4.78 is 0. The maximum Gasteiger partial charge on any atom is 0.0737 e. The summed E-state index contributed by atoms with van der Waals surface area (Å²) in [6.45, 7) is 4.19. The van der Waals surface area contributed by atoms with E-state index in [2.05, 4.69) is 28.9 Å². The van der Waals surface area contributed by atoms with Crippen molar-refractivity contribution in [1.29, 1.82) is 0 Å². The lowest BCUT2D eigenvalue weighted by Crippen LogP contribution is -2.29. The van der Waals surface area contributed by atoms with Crippen molar-refractivity contribution >= 4 is 28.2 Å². The first-order valence-electron chi connectivity index (χ1n) is 6.70. The highest BCUT2D eigenvalue weighted by Gasteiger charge is 2.26. The summed E-state index contributed by atoms with van der Waals surface area (Å²) in [5.74, 6) is 0.579. The van der Waals surface area contributed by atoms with Crippen molar-refractivity contribution in [3.05, 3.63) is 35.5 Å². The molecule has 2 N–H and O–H groups in total. The molecule has 100 valence electrons. The normalized spacial score (nSPS) is 21.0. The van der Waals surface area contributed by atoms with Crippen LogP contribution in [0.2, 0.25) is 5.02 Å². The monoisotopic (exact) mass is 275 g/mol. The van der Waals surface area contributed by atoms with Crippen LogP contribution in [0.5, 0.6) is 0 Å². The number of rotatable bonds is 2. The zero-order valence-electron chi connectivity index (χ0n) is 11.0. The van der Waals surface area contributed by atoms with Crippen LogP contribution in [-0.4, -0.2) is 24.1 Å². The number of hydrogen-bond donors (Lipinski definition) is 1. The molecule has 0 saturated carbocycles. The van der Waals surface area contributed by atoms with Crippen LogP contribution in [0.3, 0.4) is 0 Å². The molecule has 1 aromatic carbocycles. The van der Waals surface area contributed by atoms with E-state index in [0.717, 1.165) is 35.4 Å². The van der Waals surface area contributed by atoms with Gasteiger partial charge in [-0.3, -0.25) is 4.98 Å². The minimum atomic E-state index is 0.257. The van der Waals surface area contributed by atoms with Gasteiger partial charge in [-0.2, -0.15) is 0 Å². The number of halogens is 1. The zero-order valence-corrected chi connectivity index (χ0v) is 11.8. The van der Waals surface area contributed by atoms with Crippen LogP contribution in [-0.2, 0) is 0 Å². The number of fused-ring (bicyclic) bond motifs is 1. The maximum atomic E-state index is 6.03. The SMILES string of the molecule is CC(N)C1CCN(c2ccnc3cc(Cl)ccc23)C1. The molecule has 2 atom stereocenters. The summed E-state index contributed by atoms with van der Waals surface area (Å²) in [6, 6.07) is 8.24. The Morgan fingerprint density at radius 3 is 3.00 bits per heavy atom. The predicted octanol–water partition coefficient (Wildman–Crippen LogP) is 3.06. The number of hydrogen-bond acceptors (Lipinski definition) is 3. The zero-order chi connectivity index (χ0) is 13.4. The average Bonchev–Trinajstić information content (AvgIpc) is 2.87. The third kappa shape index (κ3) is 2.40. The van der Waals surface area contributed by atoms with E-state index in [9.17, 15) is 0 Å². The van der Waals surface area contributed by atoms with E-state index in [-0.39, 0.29) is 6.04 Å². The Balaban J connectivity index is 1.97. The Labute approximate surface area is 118 Å². The van der Waals surface area contributed by atoms with E-state index in [1.165, 1.54) is 5.69 Å². The van der Waals surface area contributed by atoms with E-state index in [4.69, 9.17) is 17.3 Å². The number of nitrogens with two attached hydrogens (primary N) is 1. The lowest BCUT2D eigenvalue weighted by Gasteiger charge is -2.21. The Bertz CT molecular complexity index is 597. The summed E-state index contributed by atoms with van der Waals surface area (Å²) >= 11 is 6.03. The van der Waals surface area contributed by atoms with Gasteiger partial charge in [-0.05, 0) is 43.5 Å². The van der Waals surface area contributed by atoms with E-state index < -0.39 is 0 Å². The van der Waals surface area contributed by atoms with Crippen LogP contribution in [0, 0.1) is 5.92 Å². The van der Waals surface area contributed by atoms with Gasteiger partial charge in [-0.25, -0.2) is 0 Å². The van der Waals surface area contributed by atoms with Crippen LogP contribution in [0.4, 0.5) is 5.69 Å². The summed E-state index contributed by atoms with van der Waals surface area (Å²) in [4.78, 5) is 6.80. The molecule has 2 aromatic rings. The van der Waals surface area contributed by atoms with Crippen molar-refractivity contribution in [2.45, 2.75) is 19.4 Å². The van der Waals surface area contributed by atoms with Gasteiger partial charge in [-0.15, -0.1) is 0 Å². The van der Waals surface area contributed by atoms with Gasteiger partial charge < -0.3 is 10.6 Å². The number of aromatic nitrogens is 1. The Morgan fingerprint density at radius 1 is 1.42 bits per heavy atom. The second-order valence-electron chi connectivity index (χ2n) is 5.35. The highest BCUT2D eigenvalue weighted by atomic mass is 35.5. The van der Waals surface area contributed by atoms with Gasteiger partial charge in [0.2, 0.25) is 0 Å². The lowest BCUT2D eigenvalue weighted by atomic mass is 10.0. The molecule has 0 bridgehead atoms. The van der Waals surface area contributed by atoms with E-state index in [1.54, 1.807) is 0 Å². The highest BCUT2D eigenvalue weighted by molar-refractivity contribution is 6.31. The summed E-state index contributed by atoms with van der Waals surface area (Å²) in [5, 5.41) is 1.89. The molecule has 0 spiro atoms. The highest BCUT2D eigenvalue weighted by Crippen LogP contribution is 2.31. The maximum absolute atomic E-state index is 6.03. The molecule has 0 amide bonds. The molecule has 3 rings (SSSR count). The Morgan fingerprint density at radius 2 is 2.26 bits per heavy atom. The number of anilines is 1. The summed E-state index contributed by atoms with van der Waals surface area (Å²) in [6.07, 6.45) is 3.02. The van der Waals surface area contributed by atoms with Gasteiger partial charge in [0.1, 0.15) is 0 Å². The van der Waals surface area contributed by atoms with Crippen molar-refractivity contribution in [2.24, 2.45) is 11.7 Å². The lowest BCUT2D eigenvalue weighted by molar-refractivity contribution is 0.488. The molecule has 1 aliphatic heterocycles. The standard InChI is InChI=1S/C15H18ClN3/c1-10(17)11-5-7-19(9-11)15-4-6-18-14-8-12(16)2-3-13(14)15/h2-4,6,8,10-11H,5,7,9,17H2,1H3. The summed E-state index contributed by atoms with van der Waals surface area (Å²) in [5.41, 5.74) is 8.21. The first-order valence-corrected chi connectivity index (χ1v) is 7.08. The largest absolute Gasteiger partial charge is 0.371 e. The molecule has 0 radical (unpaired) electrons. The van der Waals surface area contributed by atoms with Crippen molar-refractivity contribution in [3.63, 3.8) is 0 Å². The van der Waals surface area contributed by atoms with E-state index in [0.29, 0.717) is 5.92 Å². The van der Waals surface area contributed by atoms with Crippen molar-refractivity contribution in [2.75, 3.05) is 18.0 Å². The van der Waals surface area contributed by atoms with Gasteiger partial charge in [0, 0.05) is 41.4 Å². The quantitative estimate of drug-likeness (QED) is 0.916. The summed E-state index contributed by atoms with van der Waals surface area (Å²) in [7, 11) is 0. The van der Waals surface area contributed by atoms with Crippen molar-refractivity contribution < 1.29 is 0 Å². The average molecular weight is 276 g/mol. The topological polar surface area (TPSA) is 42.1 Å². The molecule has 0 aliphatic carbocycles. The molecule has 3 nitrogen and oxygen atoms in total. The third-order valence-electron chi connectivity index (χ3n) is 3.99. The van der Waals surface area contributed by atoms with E-state index >= 15 is 0 Å². The van der Waals surface area contributed by atoms with Gasteiger partial charge in [-0.1, -0.05) is 11.6 Å². The van der Waals surface area contributed by atoms with E-state index in [1.807, 2.05) is 18.3 Å². The van der Waals surface area contributed by atoms with Crippen LogP contribution in [0.15, 0.2) is 30.5 Å². The molecule has 1 fully saturated rings. The third-order valence-corrected chi connectivity index (χ3v) is 4.23. The molecule has 2 unspecified atom stereocenters. The molecule has 1 aromatic heterocycles. The fourth-order valence-electron chi connectivity index (χ4n) is 2.82. The molecule has 1 saturated heterocycles. The van der Waals surface area contributed by atoms with Crippen molar-refractivity contribution in [1.82, 2.24) is 4.98 Å². The number of benzene rings is 1. The molecule has 4 heteroatoms. The van der Waals surface area contributed by atoms with Crippen molar-refractivity contribution in [3.8, 4) is 0 Å².